The fourth-order valence-electron chi connectivity index (χ4n) is 2.14. The Hall–Kier alpha value is -0.880. The Morgan fingerprint density at radius 1 is 1.28 bits per heavy atom. The van der Waals surface area contributed by atoms with Gasteiger partial charge in [0.2, 0.25) is 0 Å². The van der Waals surface area contributed by atoms with Crippen molar-refractivity contribution in [1.29, 1.82) is 0 Å². The number of hydrogen-bond acceptors (Lipinski definition) is 5. The molecule has 0 aliphatic carbocycles. The molecule has 0 aromatic carbocycles. The van der Waals surface area contributed by atoms with Crippen molar-refractivity contribution in [2.45, 2.75) is 32.4 Å². The third-order valence-corrected chi connectivity index (χ3v) is 3.10. The van der Waals surface area contributed by atoms with Crippen LogP contribution in [0.1, 0.15) is 30.9 Å². The average Bonchev–Trinajstić information content (AvgIpc) is 2.76. The lowest BCUT2D eigenvalue weighted by Crippen LogP contribution is -2.43. The van der Waals surface area contributed by atoms with Crippen molar-refractivity contribution in [2.75, 3.05) is 26.3 Å². The van der Waals surface area contributed by atoms with E-state index in [2.05, 4.69) is 0 Å². The highest BCUT2D eigenvalue weighted by Crippen LogP contribution is 2.26. The van der Waals surface area contributed by atoms with Gasteiger partial charge < -0.3 is 20.4 Å². The van der Waals surface area contributed by atoms with Crippen LogP contribution < -0.4 is 5.73 Å². The third kappa shape index (κ3) is 3.81. The van der Waals surface area contributed by atoms with Crippen LogP contribution in [-0.2, 0) is 0 Å². The molecule has 0 amide bonds. The van der Waals surface area contributed by atoms with E-state index in [1.807, 2.05) is 30.9 Å². The van der Waals surface area contributed by atoms with Crippen LogP contribution in [0.4, 0.5) is 0 Å². The maximum atomic E-state index is 9.12. The van der Waals surface area contributed by atoms with E-state index in [-0.39, 0.29) is 25.3 Å². The van der Waals surface area contributed by atoms with Gasteiger partial charge >= 0.3 is 0 Å². The second kappa shape index (κ2) is 7.53. The molecular formula is C13H24N2O3. The van der Waals surface area contributed by atoms with Crippen LogP contribution in [0.3, 0.4) is 0 Å². The monoisotopic (exact) mass is 256 g/mol. The fraction of sp³-hybridized carbons (Fsp3) is 0.692. The van der Waals surface area contributed by atoms with Crippen molar-refractivity contribution in [3.8, 4) is 0 Å². The Morgan fingerprint density at radius 2 is 1.89 bits per heavy atom. The van der Waals surface area contributed by atoms with Gasteiger partial charge in [-0.1, -0.05) is 6.92 Å². The lowest BCUT2D eigenvalue weighted by atomic mass is 10.0. The van der Waals surface area contributed by atoms with Crippen LogP contribution in [0.15, 0.2) is 16.5 Å². The van der Waals surface area contributed by atoms with Gasteiger partial charge in [-0.2, -0.15) is 0 Å². The number of nitrogens with zero attached hydrogens (tertiary/aromatic N) is 1. The molecule has 0 saturated heterocycles. The summed E-state index contributed by atoms with van der Waals surface area (Å²) in [5.41, 5.74) is 6.16. The molecule has 2 atom stereocenters. The largest absolute Gasteiger partial charge is 0.465 e. The summed E-state index contributed by atoms with van der Waals surface area (Å²) in [4.78, 5) is 1.96. The normalized spacial score (nSPS) is 15.0. The van der Waals surface area contributed by atoms with Crippen LogP contribution in [0.25, 0.3) is 0 Å². The van der Waals surface area contributed by atoms with Gasteiger partial charge in [-0.05, 0) is 25.5 Å². The van der Waals surface area contributed by atoms with E-state index >= 15 is 0 Å². The topological polar surface area (TPSA) is 82.9 Å². The van der Waals surface area contributed by atoms with Crippen LogP contribution in [0, 0.1) is 6.92 Å². The van der Waals surface area contributed by atoms with Crippen molar-refractivity contribution < 1.29 is 14.6 Å². The highest BCUT2D eigenvalue weighted by Gasteiger charge is 2.27. The van der Waals surface area contributed by atoms with E-state index in [4.69, 9.17) is 20.4 Å². The molecule has 0 fully saturated rings. The Balaban J connectivity index is 2.94. The molecule has 0 aliphatic heterocycles. The summed E-state index contributed by atoms with van der Waals surface area (Å²) in [5, 5.41) is 18.2. The molecular weight excluding hydrogens is 232 g/mol. The number of aliphatic hydroxyl groups excluding tert-OH is 2. The summed E-state index contributed by atoms with van der Waals surface area (Å²) < 4.78 is 5.66. The maximum absolute atomic E-state index is 9.12. The summed E-state index contributed by atoms with van der Waals surface area (Å²) in [6.45, 7) is 4.92. The van der Waals surface area contributed by atoms with Crippen molar-refractivity contribution in [3.05, 3.63) is 23.7 Å². The first-order valence-electron chi connectivity index (χ1n) is 6.41. The SMILES string of the molecule is CCC(N)C(c1ccc(C)o1)N(CCO)CCO. The first-order valence-corrected chi connectivity index (χ1v) is 6.41. The molecule has 0 spiro atoms. The molecule has 0 bridgehead atoms. The zero-order valence-electron chi connectivity index (χ0n) is 11.2. The van der Waals surface area contributed by atoms with Gasteiger partial charge in [-0.3, -0.25) is 4.90 Å². The van der Waals surface area contributed by atoms with E-state index in [1.165, 1.54) is 0 Å². The van der Waals surface area contributed by atoms with Gasteiger partial charge in [0.1, 0.15) is 11.5 Å². The van der Waals surface area contributed by atoms with E-state index in [9.17, 15) is 0 Å². The number of rotatable bonds is 8. The van der Waals surface area contributed by atoms with Crippen molar-refractivity contribution >= 4 is 0 Å². The molecule has 5 nitrogen and oxygen atoms in total. The summed E-state index contributed by atoms with van der Waals surface area (Å²) >= 11 is 0. The number of furan rings is 1. The molecule has 18 heavy (non-hydrogen) atoms. The molecule has 4 N–H and O–H groups in total. The second-order valence-corrected chi connectivity index (χ2v) is 4.45. The molecule has 1 aromatic heterocycles. The third-order valence-electron chi connectivity index (χ3n) is 3.10. The number of aryl methyl sites for hydroxylation is 1. The van der Waals surface area contributed by atoms with Crippen LogP contribution in [0.5, 0.6) is 0 Å². The van der Waals surface area contributed by atoms with E-state index in [0.717, 1.165) is 17.9 Å². The zero-order chi connectivity index (χ0) is 13.5. The van der Waals surface area contributed by atoms with Gasteiger partial charge in [-0.25, -0.2) is 0 Å². The van der Waals surface area contributed by atoms with E-state index in [1.54, 1.807) is 0 Å². The second-order valence-electron chi connectivity index (χ2n) is 4.45. The van der Waals surface area contributed by atoms with Gasteiger partial charge in [-0.15, -0.1) is 0 Å². The van der Waals surface area contributed by atoms with Gasteiger partial charge in [0.15, 0.2) is 0 Å². The highest BCUT2D eigenvalue weighted by atomic mass is 16.3. The van der Waals surface area contributed by atoms with E-state index in [0.29, 0.717) is 13.1 Å². The maximum Gasteiger partial charge on any atom is 0.122 e. The standard InChI is InChI=1S/C13H24N2O3/c1-3-11(14)13(12-5-4-10(2)18-12)15(6-8-16)7-9-17/h4-5,11,13,16-17H,3,6-9,14H2,1-2H3. The smallest absolute Gasteiger partial charge is 0.122 e. The first kappa shape index (κ1) is 15.2. The predicted octanol–water partition coefficient (Wildman–Crippen LogP) is 0.653. The first-order chi connectivity index (χ1) is 8.63. The van der Waals surface area contributed by atoms with Crippen LogP contribution in [-0.4, -0.2) is 47.5 Å². The Morgan fingerprint density at radius 3 is 2.28 bits per heavy atom. The van der Waals surface area contributed by atoms with Gasteiger partial charge in [0.05, 0.1) is 19.3 Å². The molecule has 1 aromatic rings. The fourth-order valence-corrected chi connectivity index (χ4v) is 2.14. The van der Waals surface area contributed by atoms with Gasteiger partial charge in [0, 0.05) is 19.1 Å². The molecule has 0 aliphatic rings. The number of aliphatic hydroxyl groups is 2. The average molecular weight is 256 g/mol. The predicted molar refractivity (Wildman–Crippen MR) is 70.2 cm³/mol. The minimum Gasteiger partial charge on any atom is -0.465 e. The minimum atomic E-state index is -0.108. The highest BCUT2D eigenvalue weighted by molar-refractivity contribution is 5.12. The summed E-state index contributed by atoms with van der Waals surface area (Å²) in [6.07, 6.45) is 0.803. The minimum absolute atomic E-state index is 0.0344. The zero-order valence-corrected chi connectivity index (χ0v) is 11.2. The molecule has 1 rings (SSSR count). The van der Waals surface area contributed by atoms with Gasteiger partial charge in [0.25, 0.3) is 0 Å². The summed E-state index contributed by atoms with van der Waals surface area (Å²) in [7, 11) is 0. The lowest BCUT2D eigenvalue weighted by Gasteiger charge is -2.33. The number of nitrogens with two attached hydrogens (primary N) is 1. The number of hydrogen-bond donors (Lipinski definition) is 3. The van der Waals surface area contributed by atoms with Crippen molar-refractivity contribution in [1.82, 2.24) is 4.90 Å². The Labute approximate surface area is 108 Å². The quantitative estimate of drug-likeness (QED) is 0.636. The van der Waals surface area contributed by atoms with Crippen molar-refractivity contribution in [3.63, 3.8) is 0 Å². The lowest BCUT2D eigenvalue weighted by molar-refractivity contribution is 0.0951. The molecule has 0 radical (unpaired) electrons. The molecule has 5 heteroatoms. The molecule has 104 valence electrons. The molecule has 2 unspecified atom stereocenters. The van der Waals surface area contributed by atoms with Crippen LogP contribution >= 0.6 is 0 Å². The van der Waals surface area contributed by atoms with E-state index < -0.39 is 0 Å². The molecule has 1 heterocycles. The summed E-state index contributed by atoms with van der Waals surface area (Å²) in [6, 6.07) is 3.62. The Bertz CT molecular complexity index is 335. The summed E-state index contributed by atoms with van der Waals surface area (Å²) in [5.74, 6) is 1.63. The Kier molecular flexibility index (Phi) is 6.35. The van der Waals surface area contributed by atoms with Crippen molar-refractivity contribution in [2.24, 2.45) is 5.73 Å². The van der Waals surface area contributed by atoms with Crippen LogP contribution in [0.2, 0.25) is 0 Å². The molecule has 0 saturated carbocycles.